The summed E-state index contributed by atoms with van der Waals surface area (Å²) in [5, 5.41) is 0. The molecule has 17 heavy (non-hydrogen) atoms. The number of benzene rings is 1. The van der Waals surface area contributed by atoms with Crippen molar-refractivity contribution in [2.75, 3.05) is 26.9 Å². The van der Waals surface area contributed by atoms with E-state index in [1.807, 2.05) is 24.3 Å². The third-order valence-corrected chi connectivity index (χ3v) is 2.49. The molecule has 1 heterocycles. The van der Waals surface area contributed by atoms with Gasteiger partial charge in [0.2, 0.25) is 5.75 Å². The minimum absolute atomic E-state index is 0.561. The maximum atomic E-state index is 5.55. The van der Waals surface area contributed by atoms with Gasteiger partial charge in [0, 0.05) is 0 Å². The van der Waals surface area contributed by atoms with Gasteiger partial charge in [-0.15, -0.1) is 0 Å². The maximum Gasteiger partial charge on any atom is 0.203 e. The SMILES string of the molecule is COc1cc(/C=C/CCN)cc2c1OCCO2. The second kappa shape index (κ2) is 5.59. The molecule has 1 aliphatic rings. The van der Waals surface area contributed by atoms with Gasteiger partial charge in [0.15, 0.2) is 11.5 Å². The summed E-state index contributed by atoms with van der Waals surface area (Å²) in [6, 6.07) is 3.88. The standard InChI is InChI=1S/C13H17NO3/c1-15-11-8-10(4-2-3-5-14)9-12-13(11)17-7-6-16-12/h2,4,8-9H,3,5-7,14H2,1H3/b4-2+. The zero-order chi connectivity index (χ0) is 12.1. The zero-order valence-corrected chi connectivity index (χ0v) is 9.94. The number of nitrogens with two attached hydrogens (primary N) is 1. The van der Waals surface area contributed by atoms with Crippen molar-refractivity contribution in [3.63, 3.8) is 0 Å². The van der Waals surface area contributed by atoms with Crippen LogP contribution in [0, 0.1) is 0 Å². The van der Waals surface area contributed by atoms with E-state index in [0.29, 0.717) is 31.3 Å². The van der Waals surface area contributed by atoms with Gasteiger partial charge in [-0.2, -0.15) is 0 Å². The van der Waals surface area contributed by atoms with Gasteiger partial charge in [0.1, 0.15) is 13.2 Å². The average molecular weight is 235 g/mol. The van der Waals surface area contributed by atoms with Crippen LogP contribution in [0.1, 0.15) is 12.0 Å². The van der Waals surface area contributed by atoms with Crippen LogP contribution in [0.4, 0.5) is 0 Å². The number of rotatable bonds is 4. The molecule has 4 nitrogen and oxygen atoms in total. The van der Waals surface area contributed by atoms with Crippen molar-refractivity contribution in [3.8, 4) is 17.2 Å². The summed E-state index contributed by atoms with van der Waals surface area (Å²) in [7, 11) is 1.63. The Balaban J connectivity index is 2.29. The maximum absolute atomic E-state index is 5.55. The van der Waals surface area contributed by atoms with E-state index in [1.165, 1.54) is 0 Å². The molecule has 0 amide bonds. The van der Waals surface area contributed by atoms with Crippen LogP contribution in [0.2, 0.25) is 0 Å². The molecule has 0 spiro atoms. The van der Waals surface area contributed by atoms with Gasteiger partial charge < -0.3 is 19.9 Å². The molecule has 1 aliphatic heterocycles. The van der Waals surface area contributed by atoms with Crippen LogP contribution < -0.4 is 19.9 Å². The van der Waals surface area contributed by atoms with Gasteiger partial charge in [-0.05, 0) is 30.7 Å². The first kappa shape index (κ1) is 11.8. The van der Waals surface area contributed by atoms with Crippen molar-refractivity contribution in [1.29, 1.82) is 0 Å². The fourth-order valence-corrected chi connectivity index (χ4v) is 1.71. The number of hydrogen-bond acceptors (Lipinski definition) is 4. The number of fused-ring (bicyclic) bond motifs is 1. The van der Waals surface area contributed by atoms with Crippen LogP contribution in [0.25, 0.3) is 6.08 Å². The van der Waals surface area contributed by atoms with Gasteiger partial charge in [-0.1, -0.05) is 12.2 Å². The minimum atomic E-state index is 0.561. The molecule has 0 aromatic heterocycles. The van der Waals surface area contributed by atoms with Crippen LogP contribution in [0.3, 0.4) is 0 Å². The summed E-state index contributed by atoms with van der Waals surface area (Å²) in [4.78, 5) is 0. The van der Waals surface area contributed by atoms with E-state index >= 15 is 0 Å². The largest absolute Gasteiger partial charge is 0.493 e. The molecule has 0 saturated carbocycles. The summed E-state index contributed by atoms with van der Waals surface area (Å²) in [6.45, 7) is 1.79. The van der Waals surface area contributed by atoms with Crippen LogP contribution >= 0.6 is 0 Å². The Morgan fingerprint density at radius 1 is 1.35 bits per heavy atom. The van der Waals surface area contributed by atoms with Crippen LogP contribution in [-0.2, 0) is 0 Å². The van der Waals surface area contributed by atoms with Gasteiger partial charge in [-0.3, -0.25) is 0 Å². The lowest BCUT2D eigenvalue weighted by atomic mass is 10.1. The molecule has 0 bridgehead atoms. The highest BCUT2D eigenvalue weighted by molar-refractivity contribution is 5.62. The Labute approximate surface area is 101 Å². The first-order chi connectivity index (χ1) is 8.35. The molecule has 2 rings (SSSR count). The fourth-order valence-electron chi connectivity index (χ4n) is 1.71. The smallest absolute Gasteiger partial charge is 0.203 e. The molecule has 2 N–H and O–H groups in total. The molecular weight excluding hydrogens is 218 g/mol. The first-order valence-corrected chi connectivity index (χ1v) is 5.69. The molecule has 0 unspecified atom stereocenters. The molecule has 0 fully saturated rings. The second-order valence-corrected chi connectivity index (χ2v) is 3.73. The van der Waals surface area contributed by atoms with Gasteiger partial charge in [-0.25, -0.2) is 0 Å². The molecular formula is C13H17NO3. The molecule has 0 radical (unpaired) electrons. The summed E-state index contributed by atoms with van der Waals surface area (Å²) >= 11 is 0. The summed E-state index contributed by atoms with van der Waals surface area (Å²) < 4.78 is 16.4. The van der Waals surface area contributed by atoms with Crippen LogP contribution in [0.5, 0.6) is 17.2 Å². The number of methoxy groups -OCH3 is 1. The molecule has 4 heteroatoms. The van der Waals surface area contributed by atoms with E-state index in [9.17, 15) is 0 Å². The Bertz CT molecular complexity index is 398. The van der Waals surface area contributed by atoms with E-state index in [-0.39, 0.29) is 0 Å². The van der Waals surface area contributed by atoms with E-state index in [1.54, 1.807) is 7.11 Å². The third kappa shape index (κ3) is 2.71. The molecule has 0 atom stereocenters. The van der Waals surface area contributed by atoms with E-state index in [2.05, 4.69) is 0 Å². The van der Waals surface area contributed by atoms with E-state index in [0.717, 1.165) is 17.7 Å². The lowest BCUT2D eigenvalue weighted by molar-refractivity contribution is 0.165. The Morgan fingerprint density at radius 3 is 2.94 bits per heavy atom. The van der Waals surface area contributed by atoms with Gasteiger partial charge >= 0.3 is 0 Å². The zero-order valence-electron chi connectivity index (χ0n) is 9.94. The highest BCUT2D eigenvalue weighted by Gasteiger charge is 2.17. The van der Waals surface area contributed by atoms with Crippen molar-refractivity contribution in [2.24, 2.45) is 5.73 Å². The summed E-state index contributed by atoms with van der Waals surface area (Å²) in [5.41, 5.74) is 6.47. The predicted molar refractivity (Wildman–Crippen MR) is 66.7 cm³/mol. The predicted octanol–water partition coefficient (Wildman–Crippen LogP) is 1.83. The quantitative estimate of drug-likeness (QED) is 0.865. The Morgan fingerprint density at radius 2 is 2.18 bits per heavy atom. The highest BCUT2D eigenvalue weighted by atomic mass is 16.6. The average Bonchev–Trinajstić information content (AvgIpc) is 2.38. The second-order valence-electron chi connectivity index (χ2n) is 3.73. The number of ether oxygens (including phenoxy) is 3. The minimum Gasteiger partial charge on any atom is -0.493 e. The lowest BCUT2D eigenvalue weighted by Crippen LogP contribution is -2.16. The van der Waals surface area contributed by atoms with Gasteiger partial charge in [0.25, 0.3) is 0 Å². The van der Waals surface area contributed by atoms with Crippen molar-refractivity contribution in [1.82, 2.24) is 0 Å². The van der Waals surface area contributed by atoms with Crippen molar-refractivity contribution >= 4 is 6.08 Å². The van der Waals surface area contributed by atoms with E-state index < -0.39 is 0 Å². The van der Waals surface area contributed by atoms with E-state index in [4.69, 9.17) is 19.9 Å². The van der Waals surface area contributed by atoms with Crippen molar-refractivity contribution in [2.45, 2.75) is 6.42 Å². The summed E-state index contributed by atoms with van der Waals surface area (Å²) in [5.74, 6) is 2.13. The Hall–Kier alpha value is -1.68. The summed E-state index contributed by atoms with van der Waals surface area (Å²) in [6.07, 6.45) is 4.90. The normalized spacial score (nSPS) is 14.0. The molecule has 0 saturated heterocycles. The molecule has 92 valence electrons. The third-order valence-electron chi connectivity index (χ3n) is 2.49. The fraction of sp³-hybridized carbons (Fsp3) is 0.385. The highest BCUT2D eigenvalue weighted by Crippen LogP contribution is 2.40. The lowest BCUT2D eigenvalue weighted by Gasteiger charge is -2.20. The number of hydrogen-bond donors (Lipinski definition) is 1. The molecule has 0 aliphatic carbocycles. The topological polar surface area (TPSA) is 53.7 Å². The van der Waals surface area contributed by atoms with Crippen LogP contribution in [-0.4, -0.2) is 26.9 Å². The molecule has 1 aromatic rings. The van der Waals surface area contributed by atoms with Crippen molar-refractivity contribution < 1.29 is 14.2 Å². The van der Waals surface area contributed by atoms with Gasteiger partial charge in [0.05, 0.1) is 7.11 Å². The van der Waals surface area contributed by atoms with Crippen molar-refractivity contribution in [3.05, 3.63) is 23.8 Å². The first-order valence-electron chi connectivity index (χ1n) is 5.69. The monoisotopic (exact) mass is 235 g/mol. The Kier molecular flexibility index (Phi) is 3.88. The van der Waals surface area contributed by atoms with Crippen LogP contribution in [0.15, 0.2) is 18.2 Å². The molecule has 1 aromatic carbocycles.